The first-order valence-electron chi connectivity index (χ1n) is 9.27. The standard InChI is InChI=1S/C22H27N5.HI/c1-16-11-12-20(14-17(16)2)25-22(23)24-13-7-8-19-15-27(26-18(19)3)21-9-5-4-6-10-21;/h4-6,9-12,14-15H,7-8,13H2,1-3H3,(H3,23,24,25);1H. The molecule has 3 rings (SSSR count). The number of aromatic nitrogens is 2. The average Bonchev–Trinajstić information content (AvgIpc) is 3.03. The largest absolute Gasteiger partial charge is 0.370 e. The van der Waals surface area contributed by atoms with E-state index in [1.807, 2.05) is 35.9 Å². The van der Waals surface area contributed by atoms with Gasteiger partial charge in [-0.1, -0.05) is 24.3 Å². The predicted octanol–water partition coefficient (Wildman–Crippen LogP) is 4.77. The molecule has 0 fully saturated rings. The number of nitrogens with one attached hydrogen (secondary N) is 1. The third-order valence-electron chi connectivity index (χ3n) is 4.69. The first kappa shape index (κ1) is 21.9. The van der Waals surface area contributed by atoms with E-state index in [2.05, 4.69) is 59.7 Å². The third-order valence-corrected chi connectivity index (χ3v) is 4.69. The molecule has 0 aliphatic rings. The lowest BCUT2D eigenvalue weighted by Gasteiger charge is -2.08. The van der Waals surface area contributed by atoms with Crippen molar-refractivity contribution in [3.63, 3.8) is 0 Å². The zero-order valence-electron chi connectivity index (χ0n) is 16.6. The molecule has 1 heterocycles. The van der Waals surface area contributed by atoms with E-state index >= 15 is 0 Å². The van der Waals surface area contributed by atoms with Crippen molar-refractivity contribution in [2.75, 3.05) is 11.9 Å². The predicted molar refractivity (Wildman–Crippen MR) is 128 cm³/mol. The zero-order chi connectivity index (χ0) is 19.2. The summed E-state index contributed by atoms with van der Waals surface area (Å²) in [5.74, 6) is 0.454. The summed E-state index contributed by atoms with van der Waals surface area (Å²) in [6.45, 7) is 6.91. The number of rotatable bonds is 6. The van der Waals surface area contributed by atoms with E-state index in [0.29, 0.717) is 12.5 Å². The molecular weight excluding hydrogens is 461 g/mol. The molecule has 0 unspecified atom stereocenters. The molecule has 5 nitrogen and oxygen atoms in total. The lowest BCUT2D eigenvalue weighted by molar-refractivity contribution is 0.827. The molecule has 0 saturated carbocycles. The van der Waals surface area contributed by atoms with Gasteiger partial charge in [0.1, 0.15) is 0 Å². The van der Waals surface area contributed by atoms with Crippen LogP contribution in [0.4, 0.5) is 5.69 Å². The van der Waals surface area contributed by atoms with Crippen LogP contribution < -0.4 is 11.1 Å². The highest BCUT2D eigenvalue weighted by Crippen LogP contribution is 2.15. The number of nitrogens with zero attached hydrogens (tertiary/aromatic N) is 3. The maximum atomic E-state index is 6.01. The number of para-hydroxylation sites is 1. The van der Waals surface area contributed by atoms with Crippen molar-refractivity contribution in [2.24, 2.45) is 10.7 Å². The van der Waals surface area contributed by atoms with Gasteiger partial charge >= 0.3 is 0 Å². The maximum Gasteiger partial charge on any atom is 0.193 e. The van der Waals surface area contributed by atoms with Crippen LogP contribution in [0.1, 0.15) is 28.8 Å². The smallest absolute Gasteiger partial charge is 0.193 e. The molecule has 148 valence electrons. The monoisotopic (exact) mass is 489 g/mol. The zero-order valence-corrected chi connectivity index (χ0v) is 19.0. The Labute approximate surface area is 184 Å². The summed E-state index contributed by atoms with van der Waals surface area (Å²) < 4.78 is 1.93. The van der Waals surface area contributed by atoms with Gasteiger partial charge in [0, 0.05) is 18.4 Å². The topological polar surface area (TPSA) is 68.2 Å². The van der Waals surface area contributed by atoms with Crippen molar-refractivity contribution < 1.29 is 0 Å². The molecular formula is C22H28IN5. The van der Waals surface area contributed by atoms with Gasteiger partial charge in [-0.2, -0.15) is 5.10 Å². The molecule has 0 saturated heterocycles. The Morgan fingerprint density at radius 1 is 1.07 bits per heavy atom. The van der Waals surface area contributed by atoms with Gasteiger partial charge in [-0.25, -0.2) is 4.68 Å². The van der Waals surface area contributed by atoms with Gasteiger partial charge in [0.15, 0.2) is 5.96 Å². The summed E-state index contributed by atoms with van der Waals surface area (Å²) in [7, 11) is 0. The van der Waals surface area contributed by atoms with E-state index in [1.165, 1.54) is 16.7 Å². The molecule has 0 aliphatic carbocycles. The number of halogens is 1. The Hall–Kier alpha value is -2.35. The van der Waals surface area contributed by atoms with Crippen molar-refractivity contribution in [3.8, 4) is 5.69 Å². The molecule has 6 heteroatoms. The number of guanidine groups is 1. The van der Waals surface area contributed by atoms with Crippen molar-refractivity contribution in [1.29, 1.82) is 0 Å². The summed E-state index contributed by atoms with van der Waals surface area (Å²) in [6.07, 6.45) is 3.96. The average molecular weight is 489 g/mol. The lowest BCUT2D eigenvalue weighted by Crippen LogP contribution is -2.23. The molecule has 0 amide bonds. The molecule has 0 aliphatic heterocycles. The van der Waals surface area contributed by atoms with E-state index in [4.69, 9.17) is 5.73 Å². The van der Waals surface area contributed by atoms with Crippen LogP contribution in [0.3, 0.4) is 0 Å². The van der Waals surface area contributed by atoms with Crippen molar-refractivity contribution in [1.82, 2.24) is 9.78 Å². The maximum absolute atomic E-state index is 6.01. The fourth-order valence-corrected chi connectivity index (χ4v) is 2.93. The van der Waals surface area contributed by atoms with Crippen LogP contribution in [0.15, 0.2) is 59.7 Å². The number of aliphatic imine (C=N–C) groups is 1. The van der Waals surface area contributed by atoms with Crippen molar-refractivity contribution in [2.45, 2.75) is 33.6 Å². The molecule has 28 heavy (non-hydrogen) atoms. The first-order chi connectivity index (χ1) is 13.0. The number of hydrogen-bond donors (Lipinski definition) is 2. The fourth-order valence-electron chi connectivity index (χ4n) is 2.93. The molecule has 0 atom stereocenters. The molecule has 2 aromatic carbocycles. The van der Waals surface area contributed by atoms with Gasteiger partial charge in [-0.3, -0.25) is 4.99 Å². The Kier molecular flexibility index (Phi) is 8.04. The van der Waals surface area contributed by atoms with E-state index in [0.717, 1.165) is 29.9 Å². The van der Waals surface area contributed by atoms with Crippen LogP contribution in [0.2, 0.25) is 0 Å². The highest BCUT2D eigenvalue weighted by molar-refractivity contribution is 14.0. The van der Waals surface area contributed by atoms with Crippen LogP contribution in [0.5, 0.6) is 0 Å². The van der Waals surface area contributed by atoms with Crippen LogP contribution in [0, 0.1) is 20.8 Å². The Bertz CT molecular complexity index is 931. The second kappa shape index (κ2) is 10.3. The third kappa shape index (κ3) is 5.82. The highest BCUT2D eigenvalue weighted by Gasteiger charge is 2.06. The molecule has 0 bridgehead atoms. The Morgan fingerprint density at radius 3 is 2.54 bits per heavy atom. The number of aryl methyl sites for hydroxylation is 4. The van der Waals surface area contributed by atoms with Gasteiger partial charge in [0.25, 0.3) is 0 Å². The van der Waals surface area contributed by atoms with Crippen molar-refractivity contribution >= 4 is 35.6 Å². The minimum Gasteiger partial charge on any atom is -0.370 e. The highest BCUT2D eigenvalue weighted by atomic mass is 127. The summed E-state index contributed by atoms with van der Waals surface area (Å²) in [6, 6.07) is 16.3. The second-order valence-electron chi connectivity index (χ2n) is 6.81. The molecule has 0 radical (unpaired) electrons. The van der Waals surface area contributed by atoms with Gasteiger partial charge < -0.3 is 11.1 Å². The summed E-state index contributed by atoms with van der Waals surface area (Å²) in [5.41, 5.74) is 12.9. The van der Waals surface area contributed by atoms with Gasteiger partial charge in [0.2, 0.25) is 0 Å². The fraction of sp³-hybridized carbons (Fsp3) is 0.273. The number of benzene rings is 2. The summed E-state index contributed by atoms with van der Waals surface area (Å²) >= 11 is 0. The van der Waals surface area contributed by atoms with E-state index < -0.39 is 0 Å². The number of nitrogens with two attached hydrogens (primary N) is 1. The second-order valence-corrected chi connectivity index (χ2v) is 6.81. The quantitative estimate of drug-likeness (QED) is 0.227. The van der Waals surface area contributed by atoms with Gasteiger partial charge in [-0.15, -0.1) is 24.0 Å². The SMILES string of the molecule is Cc1ccc(NC(N)=NCCCc2cn(-c3ccccc3)nc2C)cc1C.I. The van der Waals surface area contributed by atoms with E-state index in [-0.39, 0.29) is 24.0 Å². The number of anilines is 1. The van der Waals surface area contributed by atoms with Crippen LogP contribution in [-0.4, -0.2) is 22.3 Å². The van der Waals surface area contributed by atoms with Crippen LogP contribution in [0.25, 0.3) is 5.69 Å². The van der Waals surface area contributed by atoms with Crippen LogP contribution in [-0.2, 0) is 6.42 Å². The molecule has 0 spiro atoms. The summed E-state index contributed by atoms with van der Waals surface area (Å²) in [4.78, 5) is 4.44. The Morgan fingerprint density at radius 2 is 1.82 bits per heavy atom. The first-order valence-corrected chi connectivity index (χ1v) is 9.27. The van der Waals surface area contributed by atoms with Crippen LogP contribution >= 0.6 is 24.0 Å². The molecule has 1 aromatic heterocycles. The summed E-state index contributed by atoms with van der Waals surface area (Å²) in [5, 5.41) is 7.77. The van der Waals surface area contributed by atoms with Crippen molar-refractivity contribution in [3.05, 3.63) is 77.1 Å². The molecule has 3 aromatic rings. The minimum absolute atomic E-state index is 0. The normalized spacial score (nSPS) is 11.2. The Balaban J connectivity index is 0.00000280. The molecule has 3 N–H and O–H groups in total. The minimum atomic E-state index is 0. The lowest BCUT2D eigenvalue weighted by atomic mass is 10.1. The van der Waals surface area contributed by atoms with Gasteiger partial charge in [0.05, 0.1) is 11.4 Å². The van der Waals surface area contributed by atoms with E-state index in [1.54, 1.807) is 0 Å². The van der Waals surface area contributed by atoms with E-state index in [9.17, 15) is 0 Å². The number of hydrogen-bond acceptors (Lipinski definition) is 2. The van der Waals surface area contributed by atoms with Gasteiger partial charge in [-0.05, 0) is 74.6 Å².